The molecule has 0 aliphatic heterocycles. The zero-order valence-electron chi connectivity index (χ0n) is 7.75. The van der Waals surface area contributed by atoms with E-state index in [0.29, 0.717) is 6.67 Å². The molecule has 0 spiro atoms. The maximum absolute atomic E-state index is 5.53. The van der Waals surface area contributed by atoms with E-state index in [4.69, 9.17) is 10.5 Å². The number of ether oxygens (including phenoxy) is 1. The second kappa shape index (κ2) is 4.48. The lowest BCUT2D eigenvalue weighted by Crippen LogP contribution is -2.25. The first kappa shape index (κ1) is 10.3. The van der Waals surface area contributed by atoms with Crippen LogP contribution in [0.25, 0.3) is 0 Å². The van der Waals surface area contributed by atoms with Crippen LogP contribution in [-0.2, 0) is 0 Å². The van der Waals surface area contributed by atoms with Crippen LogP contribution >= 0.6 is 15.9 Å². The summed E-state index contributed by atoms with van der Waals surface area (Å²) in [6, 6.07) is 5.82. The molecule has 4 heteroatoms. The Hall–Kier alpha value is -0.740. The molecule has 0 heterocycles. The maximum Gasteiger partial charge on any atom is 0.142 e. The second-order valence-corrected chi connectivity index (χ2v) is 3.61. The molecule has 1 aromatic carbocycles. The van der Waals surface area contributed by atoms with E-state index >= 15 is 0 Å². The number of hydrogen-bond donors (Lipinski definition) is 1. The minimum atomic E-state index is 0.465. The van der Waals surface area contributed by atoms with Gasteiger partial charge in [0.15, 0.2) is 0 Å². The van der Waals surface area contributed by atoms with E-state index in [1.54, 1.807) is 7.11 Å². The summed E-state index contributed by atoms with van der Waals surface area (Å²) < 4.78 is 6.22. The Balaban J connectivity index is 3.07. The van der Waals surface area contributed by atoms with Crippen molar-refractivity contribution in [2.75, 3.05) is 25.7 Å². The number of hydrogen-bond acceptors (Lipinski definition) is 3. The van der Waals surface area contributed by atoms with Gasteiger partial charge in [0.25, 0.3) is 0 Å². The molecule has 1 aromatic rings. The molecule has 0 radical (unpaired) electrons. The molecule has 0 aliphatic carbocycles. The number of halogens is 1. The van der Waals surface area contributed by atoms with E-state index in [1.807, 2.05) is 30.1 Å². The molecule has 0 aromatic heterocycles. The average molecular weight is 245 g/mol. The van der Waals surface area contributed by atoms with E-state index < -0.39 is 0 Å². The van der Waals surface area contributed by atoms with E-state index in [1.165, 1.54) is 0 Å². The van der Waals surface area contributed by atoms with Gasteiger partial charge >= 0.3 is 0 Å². The van der Waals surface area contributed by atoms with Gasteiger partial charge in [-0.15, -0.1) is 0 Å². The summed E-state index contributed by atoms with van der Waals surface area (Å²) in [5, 5.41) is 0. The van der Waals surface area contributed by atoms with Gasteiger partial charge in [-0.2, -0.15) is 0 Å². The topological polar surface area (TPSA) is 38.5 Å². The number of benzene rings is 1. The van der Waals surface area contributed by atoms with Crippen LogP contribution in [0.5, 0.6) is 5.75 Å². The number of methoxy groups -OCH3 is 1. The molecule has 3 nitrogen and oxygen atoms in total. The predicted molar refractivity (Wildman–Crippen MR) is 58.2 cm³/mol. The van der Waals surface area contributed by atoms with Gasteiger partial charge in [-0.3, -0.25) is 0 Å². The molecule has 0 aliphatic rings. The van der Waals surface area contributed by atoms with Gasteiger partial charge in [-0.1, -0.05) is 15.9 Å². The third kappa shape index (κ3) is 2.35. The Morgan fingerprint density at radius 3 is 2.77 bits per heavy atom. The minimum absolute atomic E-state index is 0.465. The Labute approximate surface area is 86.6 Å². The van der Waals surface area contributed by atoms with Crippen molar-refractivity contribution in [2.24, 2.45) is 5.73 Å². The van der Waals surface area contributed by atoms with Crippen LogP contribution in [0.1, 0.15) is 0 Å². The van der Waals surface area contributed by atoms with Crippen molar-refractivity contribution in [1.82, 2.24) is 0 Å². The Bertz CT molecular complexity index is 291. The smallest absolute Gasteiger partial charge is 0.142 e. The quantitative estimate of drug-likeness (QED) is 0.825. The van der Waals surface area contributed by atoms with Crippen molar-refractivity contribution in [2.45, 2.75) is 0 Å². The maximum atomic E-state index is 5.53. The van der Waals surface area contributed by atoms with Gasteiger partial charge in [-0.25, -0.2) is 0 Å². The first-order chi connectivity index (χ1) is 6.19. The summed E-state index contributed by atoms with van der Waals surface area (Å²) >= 11 is 3.40. The zero-order chi connectivity index (χ0) is 9.84. The summed E-state index contributed by atoms with van der Waals surface area (Å²) in [6.07, 6.45) is 0. The van der Waals surface area contributed by atoms with E-state index in [2.05, 4.69) is 15.9 Å². The SMILES string of the molecule is COc1ccc(Br)cc1N(C)CN. The van der Waals surface area contributed by atoms with Crippen molar-refractivity contribution in [1.29, 1.82) is 0 Å². The fourth-order valence-electron chi connectivity index (χ4n) is 1.06. The molecule has 0 unspecified atom stereocenters. The number of nitrogens with zero attached hydrogens (tertiary/aromatic N) is 1. The fraction of sp³-hybridized carbons (Fsp3) is 0.333. The molecule has 0 atom stereocenters. The molecule has 0 saturated heterocycles. The summed E-state index contributed by atoms with van der Waals surface area (Å²) in [7, 11) is 3.57. The molecule has 13 heavy (non-hydrogen) atoms. The first-order valence-corrected chi connectivity index (χ1v) is 4.73. The van der Waals surface area contributed by atoms with Crippen LogP contribution in [0.4, 0.5) is 5.69 Å². The van der Waals surface area contributed by atoms with Crippen LogP contribution in [-0.4, -0.2) is 20.8 Å². The molecule has 0 bridgehead atoms. The number of rotatable bonds is 3. The highest BCUT2D eigenvalue weighted by molar-refractivity contribution is 9.10. The Morgan fingerprint density at radius 2 is 2.23 bits per heavy atom. The first-order valence-electron chi connectivity index (χ1n) is 3.93. The molecule has 72 valence electrons. The number of anilines is 1. The standard InChI is InChI=1S/C9H13BrN2O/c1-12(6-11)8-5-7(10)3-4-9(8)13-2/h3-5H,6,11H2,1-2H3. The van der Waals surface area contributed by atoms with Crippen LogP contribution in [0, 0.1) is 0 Å². The van der Waals surface area contributed by atoms with Crippen LogP contribution in [0.2, 0.25) is 0 Å². The summed E-state index contributed by atoms with van der Waals surface area (Å²) in [4.78, 5) is 1.92. The van der Waals surface area contributed by atoms with Crippen LogP contribution < -0.4 is 15.4 Å². The second-order valence-electron chi connectivity index (χ2n) is 2.70. The highest BCUT2D eigenvalue weighted by atomic mass is 79.9. The van der Waals surface area contributed by atoms with Crippen molar-refractivity contribution in [3.05, 3.63) is 22.7 Å². The monoisotopic (exact) mass is 244 g/mol. The van der Waals surface area contributed by atoms with E-state index in [-0.39, 0.29) is 0 Å². The van der Waals surface area contributed by atoms with Crippen molar-refractivity contribution in [3.63, 3.8) is 0 Å². The average Bonchev–Trinajstić information content (AvgIpc) is 2.16. The molecule has 0 saturated carbocycles. The highest BCUT2D eigenvalue weighted by Gasteiger charge is 2.06. The van der Waals surface area contributed by atoms with Gasteiger partial charge in [0.1, 0.15) is 5.75 Å². The van der Waals surface area contributed by atoms with Gasteiger partial charge in [0.05, 0.1) is 19.5 Å². The van der Waals surface area contributed by atoms with E-state index in [0.717, 1.165) is 15.9 Å². The van der Waals surface area contributed by atoms with Gasteiger partial charge < -0.3 is 15.4 Å². The highest BCUT2D eigenvalue weighted by Crippen LogP contribution is 2.29. The molecular weight excluding hydrogens is 232 g/mol. The van der Waals surface area contributed by atoms with Crippen molar-refractivity contribution in [3.8, 4) is 5.75 Å². The molecule has 0 amide bonds. The van der Waals surface area contributed by atoms with Crippen LogP contribution in [0.15, 0.2) is 22.7 Å². The summed E-state index contributed by atoms with van der Waals surface area (Å²) in [5.41, 5.74) is 6.52. The Kier molecular flexibility index (Phi) is 3.57. The zero-order valence-corrected chi connectivity index (χ0v) is 9.34. The lowest BCUT2D eigenvalue weighted by Gasteiger charge is -2.19. The molecule has 1 rings (SSSR count). The third-order valence-corrected chi connectivity index (χ3v) is 2.32. The lowest BCUT2D eigenvalue weighted by atomic mass is 10.3. The van der Waals surface area contributed by atoms with Gasteiger partial charge in [-0.05, 0) is 18.2 Å². The summed E-state index contributed by atoms with van der Waals surface area (Å²) in [5.74, 6) is 0.830. The molecular formula is C9H13BrN2O. The summed E-state index contributed by atoms with van der Waals surface area (Å²) in [6.45, 7) is 0.465. The van der Waals surface area contributed by atoms with Crippen molar-refractivity contribution < 1.29 is 4.74 Å². The van der Waals surface area contributed by atoms with Gasteiger partial charge in [0, 0.05) is 11.5 Å². The minimum Gasteiger partial charge on any atom is -0.495 e. The lowest BCUT2D eigenvalue weighted by molar-refractivity contribution is 0.415. The molecule has 0 fully saturated rings. The van der Waals surface area contributed by atoms with E-state index in [9.17, 15) is 0 Å². The largest absolute Gasteiger partial charge is 0.495 e. The van der Waals surface area contributed by atoms with Crippen LogP contribution in [0.3, 0.4) is 0 Å². The van der Waals surface area contributed by atoms with Gasteiger partial charge in [0.2, 0.25) is 0 Å². The van der Waals surface area contributed by atoms with Crippen molar-refractivity contribution >= 4 is 21.6 Å². The molecule has 2 N–H and O–H groups in total. The third-order valence-electron chi connectivity index (χ3n) is 1.83. The number of nitrogens with two attached hydrogens (primary N) is 1. The normalized spacial score (nSPS) is 9.85. The fourth-order valence-corrected chi connectivity index (χ4v) is 1.41. The predicted octanol–water partition coefficient (Wildman–Crippen LogP) is 1.81. The Morgan fingerprint density at radius 1 is 1.54 bits per heavy atom.